The fourth-order valence-corrected chi connectivity index (χ4v) is 2.35. The van der Waals surface area contributed by atoms with E-state index >= 15 is 0 Å². The van der Waals surface area contributed by atoms with E-state index in [1.807, 2.05) is 24.4 Å². The van der Waals surface area contributed by atoms with Crippen LogP contribution in [0.5, 0.6) is 0 Å². The number of rotatable bonds is 0. The Hall–Kier alpha value is -2.41. The Labute approximate surface area is 119 Å². The van der Waals surface area contributed by atoms with Crippen molar-refractivity contribution in [3.8, 4) is 0 Å². The van der Waals surface area contributed by atoms with Crippen LogP contribution in [0.3, 0.4) is 0 Å². The molecule has 0 aliphatic heterocycles. The van der Waals surface area contributed by atoms with Crippen LogP contribution < -0.4 is 0 Å². The Morgan fingerprint density at radius 2 is 1.35 bits per heavy atom. The minimum atomic E-state index is 1.06. The van der Waals surface area contributed by atoms with Gasteiger partial charge in [0, 0.05) is 17.0 Å². The van der Waals surface area contributed by atoms with Crippen molar-refractivity contribution in [3.63, 3.8) is 0 Å². The fourth-order valence-electron chi connectivity index (χ4n) is 2.35. The summed E-state index contributed by atoms with van der Waals surface area (Å²) in [6.45, 7) is 0. The maximum atomic E-state index is 4.41. The molecule has 0 atom stereocenters. The molecular formula is C19H17N. The topological polar surface area (TPSA) is 12.9 Å². The van der Waals surface area contributed by atoms with Crippen molar-refractivity contribution >= 4 is 21.7 Å². The molecule has 98 valence electrons. The molecule has 0 radical (unpaired) electrons. The van der Waals surface area contributed by atoms with Gasteiger partial charge < -0.3 is 0 Å². The van der Waals surface area contributed by atoms with Gasteiger partial charge in [-0.25, -0.2) is 0 Å². The first-order valence-electron chi connectivity index (χ1n) is 6.99. The molecule has 1 heteroatoms. The van der Waals surface area contributed by atoms with Crippen molar-refractivity contribution in [2.24, 2.45) is 0 Å². The van der Waals surface area contributed by atoms with E-state index in [1.54, 1.807) is 0 Å². The zero-order valence-electron chi connectivity index (χ0n) is 11.4. The van der Waals surface area contributed by atoms with Crippen molar-refractivity contribution in [1.82, 2.24) is 4.98 Å². The van der Waals surface area contributed by atoms with E-state index in [0.717, 1.165) is 5.52 Å². The molecule has 1 heterocycles. The minimum absolute atomic E-state index is 1.06. The number of para-hydroxylation sites is 1. The largest absolute Gasteiger partial charge is 0.256 e. The first-order valence-corrected chi connectivity index (χ1v) is 6.99. The first kappa shape index (κ1) is 12.6. The van der Waals surface area contributed by atoms with Gasteiger partial charge in [0.25, 0.3) is 0 Å². The summed E-state index contributed by atoms with van der Waals surface area (Å²) in [5.41, 5.74) is 1.06. The fraction of sp³-hybridized carbons (Fsp3) is 0.105. The third-order valence-electron chi connectivity index (χ3n) is 3.38. The van der Waals surface area contributed by atoms with Gasteiger partial charge in [-0.05, 0) is 24.3 Å². The lowest BCUT2D eigenvalue weighted by Gasteiger charge is -2.01. The number of nitrogens with zero attached hydrogens (tertiary/aromatic N) is 1. The predicted molar refractivity (Wildman–Crippen MR) is 86.8 cm³/mol. The smallest absolute Gasteiger partial charge is 0.0708 e. The van der Waals surface area contributed by atoms with Gasteiger partial charge in [-0.15, -0.1) is 0 Å². The van der Waals surface area contributed by atoms with Crippen molar-refractivity contribution < 1.29 is 0 Å². The van der Waals surface area contributed by atoms with Gasteiger partial charge in [0.05, 0.1) is 5.52 Å². The lowest BCUT2D eigenvalue weighted by Crippen LogP contribution is -1.80. The maximum absolute atomic E-state index is 4.41. The second-order valence-corrected chi connectivity index (χ2v) is 4.80. The van der Waals surface area contributed by atoms with Crippen LogP contribution >= 0.6 is 0 Å². The van der Waals surface area contributed by atoms with E-state index < -0.39 is 0 Å². The highest BCUT2D eigenvalue weighted by molar-refractivity contribution is 6.05. The summed E-state index contributed by atoms with van der Waals surface area (Å²) in [5, 5.41) is 3.70. The standard InChI is InChI=1S/C13H9N.C6H8/c1-2-6-11-10(5-1)9-14-13-8-4-3-7-12(11)13;1-2-4-6-5-3-1/h1-9H;1-4H,5-6H2. The van der Waals surface area contributed by atoms with Crippen LogP contribution in [0.1, 0.15) is 12.8 Å². The van der Waals surface area contributed by atoms with Crippen molar-refractivity contribution in [2.45, 2.75) is 12.8 Å². The van der Waals surface area contributed by atoms with Gasteiger partial charge in [-0.2, -0.15) is 0 Å². The Morgan fingerprint density at radius 3 is 2.05 bits per heavy atom. The van der Waals surface area contributed by atoms with Gasteiger partial charge in [0.2, 0.25) is 0 Å². The third-order valence-corrected chi connectivity index (χ3v) is 3.38. The zero-order valence-corrected chi connectivity index (χ0v) is 11.4. The van der Waals surface area contributed by atoms with Crippen LogP contribution in [0, 0.1) is 0 Å². The van der Waals surface area contributed by atoms with Crippen LogP contribution in [0.4, 0.5) is 0 Å². The Balaban J connectivity index is 0.000000170. The maximum Gasteiger partial charge on any atom is 0.0708 e. The van der Waals surface area contributed by atoms with Gasteiger partial charge >= 0.3 is 0 Å². The average Bonchev–Trinajstić information content (AvgIpc) is 2.57. The first-order chi connectivity index (χ1) is 9.95. The van der Waals surface area contributed by atoms with Crippen molar-refractivity contribution in [1.29, 1.82) is 0 Å². The highest BCUT2D eigenvalue weighted by Gasteiger charge is 1.98. The molecule has 0 bridgehead atoms. The number of hydrogen-bond donors (Lipinski definition) is 0. The summed E-state index contributed by atoms with van der Waals surface area (Å²) in [6.07, 6.45) is 12.9. The molecule has 0 spiro atoms. The molecule has 0 saturated carbocycles. The molecule has 1 nitrogen and oxygen atoms in total. The highest BCUT2D eigenvalue weighted by Crippen LogP contribution is 2.22. The molecule has 1 aliphatic carbocycles. The van der Waals surface area contributed by atoms with Crippen LogP contribution in [0.2, 0.25) is 0 Å². The number of allylic oxidation sites excluding steroid dienone is 4. The molecule has 3 aromatic rings. The van der Waals surface area contributed by atoms with E-state index in [0.29, 0.717) is 0 Å². The normalized spacial score (nSPS) is 13.2. The van der Waals surface area contributed by atoms with Gasteiger partial charge in [-0.3, -0.25) is 4.98 Å². The Morgan fingerprint density at radius 1 is 0.700 bits per heavy atom. The highest BCUT2D eigenvalue weighted by atomic mass is 14.6. The minimum Gasteiger partial charge on any atom is -0.256 e. The quantitative estimate of drug-likeness (QED) is 0.500. The van der Waals surface area contributed by atoms with Gasteiger partial charge in [0.1, 0.15) is 0 Å². The second kappa shape index (κ2) is 6.16. The molecule has 4 rings (SSSR count). The average molecular weight is 259 g/mol. The molecule has 2 aromatic carbocycles. The van der Waals surface area contributed by atoms with Crippen molar-refractivity contribution in [2.75, 3.05) is 0 Å². The van der Waals surface area contributed by atoms with E-state index in [1.165, 1.54) is 29.0 Å². The molecule has 0 fully saturated rings. The predicted octanol–water partition coefficient (Wildman–Crippen LogP) is 5.28. The summed E-state index contributed by atoms with van der Waals surface area (Å²) in [6, 6.07) is 16.6. The number of pyridine rings is 1. The number of benzene rings is 2. The van der Waals surface area contributed by atoms with E-state index in [4.69, 9.17) is 0 Å². The molecule has 0 unspecified atom stereocenters. The molecule has 0 saturated heterocycles. The Bertz CT molecular complexity index is 702. The second-order valence-electron chi connectivity index (χ2n) is 4.80. The molecule has 1 aliphatic rings. The van der Waals surface area contributed by atoms with E-state index in [-0.39, 0.29) is 0 Å². The monoisotopic (exact) mass is 259 g/mol. The summed E-state index contributed by atoms with van der Waals surface area (Å²) >= 11 is 0. The Kier molecular flexibility index (Phi) is 3.88. The lowest BCUT2D eigenvalue weighted by atomic mass is 10.1. The molecule has 20 heavy (non-hydrogen) atoms. The van der Waals surface area contributed by atoms with Gasteiger partial charge in [0.15, 0.2) is 0 Å². The lowest BCUT2D eigenvalue weighted by molar-refractivity contribution is 1.04. The third kappa shape index (κ3) is 2.77. The SMILES string of the molecule is C1=CCCC=C1.c1ccc2c(c1)cnc1ccccc12. The van der Waals surface area contributed by atoms with E-state index in [9.17, 15) is 0 Å². The van der Waals surface area contributed by atoms with E-state index in [2.05, 4.69) is 59.6 Å². The summed E-state index contributed by atoms with van der Waals surface area (Å²) in [7, 11) is 0. The molecule has 0 amide bonds. The molecule has 1 aromatic heterocycles. The number of hydrogen-bond acceptors (Lipinski definition) is 1. The molecule has 0 N–H and O–H groups in total. The van der Waals surface area contributed by atoms with Crippen LogP contribution in [-0.4, -0.2) is 4.98 Å². The summed E-state index contributed by atoms with van der Waals surface area (Å²) < 4.78 is 0. The van der Waals surface area contributed by atoms with Crippen LogP contribution in [-0.2, 0) is 0 Å². The van der Waals surface area contributed by atoms with Crippen LogP contribution in [0.15, 0.2) is 79.0 Å². The van der Waals surface area contributed by atoms with Crippen LogP contribution in [0.25, 0.3) is 21.7 Å². The number of fused-ring (bicyclic) bond motifs is 3. The molecular weight excluding hydrogens is 242 g/mol. The number of aromatic nitrogens is 1. The zero-order chi connectivity index (χ0) is 13.6. The summed E-state index contributed by atoms with van der Waals surface area (Å²) in [5.74, 6) is 0. The summed E-state index contributed by atoms with van der Waals surface area (Å²) in [4.78, 5) is 4.41. The van der Waals surface area contributed by atoms with Crippen molar-refractivity contribution in [3.05, 3.63) is 79.0 Å². The van der Waals surface area contributed by atoms with Gasteiger partial charge in [-0.1, -0.05) is 66.8 Å².